The monoisotopic (exact) mass is 400 g/mol. The molecule has 0 aliphatic carbocycles. The summed E-state index contributed by atoms with van der Waals surface area (Å²) in [5.74, 6) is -0.541. The number of carbonyl (C=O) groups excluding carboxylic acids is 1. The fourth-order valence-electron chi connectivity index (χ4n) is 1.50. The summed E-state index contributed by atoms with van der Waals surface area (Å²) in [4.78, 5) is 25.7. The zero-order chi connectivity index (χ0) is 15.4. The first-order valence-corrected chi connectivity index (χ1v) is 6.77. The minimum Gasteiger partial charge on any atom is -0.464 e. The Balaban J connectivity index is 2.46. The molecular formula is C13H9IN2O5. The van der Waals surface area contributed by atoms with Crippen molar-refractivity contribution in [2.45, 2.75) is 0 Å². The number of para-hydroxylation sites is 1. The maximum atomic E-state index is 11.5. The van der Waals surface area contributed by atoms with E-state index in [4.69, 9.17) is 4.74 Å². The molecule has 1 aromatic carbocycles. The van der Waals surface area contributed by atoms with Crippen LogP contribution in [0.3, 0.4) is 0 Å². The zero-order valence-electron chi connectivity index (χ0n) is 10.8. The van der Waals surface area contributed by atoms with Crippen molar-refractivity contribution in [2.75, 3.05) is 7.11 Å². The topological polar surface area (TPSA) is 91.6 Å². The second-order valence-electron chi connectivity index (χ2n) is 3.80. The highest BCUT2D eigenvalue weighted by Crippen LogP contribution is 2.31. The second-order valence-corrected chi connectivity index (χ2v) is 4.96. The number of halogens is 1. The van der Waals surface area contributed by atoms with E-state index in [1.165, 1.54) is 13.2 Å². The van der Waals surface area contributed by atoms with Gasteiger partial charge in [-0.15, -0.1) is 0 Å². The predicted molar refractivity (Wildman–Crippen MR) is 81.5 cm³/mol. The number of aromatic nitrogens is 1. The van der Waals surface area contributed by atoms with Crippen molar-refractivity contribution < 1.29 is 19.2 Å². The summed E-state index contributed by atoms with van der Waals surface area (Å²) < 4.78 is 10.8. The molecule has 0 saturated heterocycles. The van der Waals surface area contributed by atoms with E-state index in [2.05, 4.69) is 9.72 Å². The molecule has 21 heavy (non-hydrogen) atoms. The Morgan fingerprint density at radius 3 is 2.62 bits per heavy atom. The van der Waals surface area contributed by atoms with E-state index in [9.17, 15) is 14.9 Å². The molecular weight excluding hydrogens is 391 g/mol. The predicted octanol–water partition coefficient (Wildman–Crippen LogP) is 3.17. The van der Waals surface area contributed by atoms with Crippen molar-refractivity contribution in [1.82, 2.24) is 4.98 Å². The summed E-state index contributed by atoms with van der Waals surface area (Å²) in [6, 6.07) is 9.34. The van der Waals surface area contributed by atoms with Gasteiger partial charge in [0.25, 0.3) is 0 Å². The largest absolute Gasteiger partial charge is 0.464 e. The zero-order valence-corrected chi connectivity index (χ0v) is 12.9. The van der Waals surface area contributed by atoms with Crippen molar-refractivity contribution in [3.8, 4) is 11.6 Å². The van der Waals surface area contributed by atoms with Gasteiger partial charge in [-0.2, -0.15) is 4.98 Å². The molecule has 0 bridgehead atoms. The van der Waals surface area contributed by atoms with Crippen LogP contribution in [-0.2, 0) is 4.74 Å². The lowest BCUT2D eigenvalue weighted by molar-refractivity contribution is -0.386. The van der Waals surface area contributed by atoms with Crippen LogP contribution in [0, 0.1) is 13.7 Å². The molecule has 0 amide bonds. The summed E-state index contributed by atoms with van der Waals surface area (Å²) in [6.45, 7) is 0. The van der Waals surface area contributed by atoms with Crippen LogP contribution in [0.1, 0.15) is 10.5 Å². The molecule has 0 spiro atoms. The Morgan fingerprint density at radius 1 is 1.29 bits per heavy atom. The highest BCUT2D eigenvalue weighted by Gasteiger charge is 2.21. The number of rotatable bonds is 4. The van der Waals surface area contributed by atoms with Crippen molar-refractivity contribution in [1.29, 1.82) is 0 Å². The Kier molecular flexibility index (Phi) is 4.68. The van der Waals surface area contributed by atoms with Crippen molar-refractivity contribution >= 4 is 34.2 Å². The van der Waals surface area contributed by atoms with Gasteiger partial charge in [-0.05, 0) is 40.8 Å². The number of carbonyl (C=O) groups is 1. The molecule has 0 radical (unpaired) electrons. The molecule has 0 fully saturated rings. The van der Waals surface area contributed by atoms with E-state index >= 15 is 0 Å². The highest BCUT2D eigenvalue weighted by molar-refractivity contribution is 14.1. The van der Waals surface area contributed by atoms with E-state index in [0.717, 1.165) is 9.64 Å². The fourth-order valence-corrected chi connectivity index (χ4v) is 1.99. The third-order valence-corrected chi connectivity index (χ3v) is 3.37. The number of hydrogen-bond acceptors (Lipinski definition) is 6. The Bertz CT molecular complexity index is 705. The van der Waals surface area contributed by atoms with Gasteiger partial charge in [0.1, 0.15) is 5.75 Å². The van der Waals surface area contributed by atoms with Crippen molar-refractivity contribution in [3.05, 3.63) is 55.8 Å². The highest BCUT2D eigenvalue weighted by atomic mass is 127. The molecule has 0 aliphatic rings. The number of nitro groups is 1. The lowest BCUT2D eigenvalue weighted by atomic mass is 10.3. The number of ether oxygens (including phenoxy) is 2. The molecule has 0 saturated carbocycles. The molecule has 2 rings (SSSR count). The van der Waals surface area contributed by atoms with E-state index in [1.54, 1.807) is 24.3 Å². The number of esters is 1. The lowest BCUT2D eigenvalue weighted by Gasteiger charge is -2.08. The summed E-state index contributed by atoms with van der Waals surface area (Å²) in [7, 11) is 1.20. The normalized spacial score (nSPS) is 10.0. The fraction of sp³-hybridized carbons (Fsp3) is 0.0769. The molecule has 1 aromatic heterocycles. The van der Waals surface area contributed by atoms with E-state index in [-0.39, 0.29) is 17.3 Å². The molecule has 0 aliphatic heterocycles. The number of hydrogen-bond donors (Lipinski definition) is 0. The third kappa shape index (κ3) is 3.45. The smallest absolute Gasteiger partial charge is 0.356 e. The minimum absolute atomic E-state index is 0.0657. The number of benzene rings is 1. The summed E-state index contributed by atoms with van der Waals surface area (Å²) in [5.41, 5.74) is -0.397. The Labute approximate surface area is 133 Å². The maximum absolute atomic E-state index is 11.5. The first-order valence-electron chi connectivity index (χ1n) is 5.69. The quantitative estimate of drug-likeness (QED) is 0.339. The minimum atomic E-state index is -0.697. The third-order valence-electron chi connectivity index (χ3n) is 2.47. The van der Waals surface area contributed by atoms with Gasteiger partial charge in [0.2, 0.25) is 0 Å². The molecule has 7 nitrogen and oxygen atoms in total. The Morgan fingerprint density at radius 2 is 2.00 bits per heavy atom. The van der Waals surface area contributed by atoms with Gasteiger partial charge in [-0.25, -0.2) is 4.79 Å². The van der Waals surface area contributed by atoms with Gasteiger partial charge < -0.3 is 9.47 Å². The SMILES string of the molecule is COC(=O)c1ccc([N+](=O)[O-])c(Oc2ccccc2I)n1. The van der Waals surface area contributed by atoms with E-state index < -0.39 is 10.9 Å². The summed E-state index contributed by atoms with van der Waals surface area (Å²) in [6.07, 6.45) is 0. The van der Waals surface area contributed by atoms with Gasteiger partial charge in [0, 0.05) is 6.07 Å². The molecule has 108 valence electrons. The average Bonchev–Trinajstić information content (AvgIpc) is 2.48. The van der Waals surface area contributed by atoms with Gasteiger partial charge >= 0.3 is 17.5 Å². The summed E-state index contributed by atoms with van der Waals surface area (Å²) in [5, 5.41) is 11.0. The van der Waals surface area contributed by atoms with Gasteiger partial charge in [0.15, 0.2) is 5.69 Å². The van der Waals surface area contributed by atoms with Crippen LogP contribution in [-0.4, -0.2) is 23.0 Å². The Hall–Kier alpha value is -2.23. The van der Waals surface area contributed by atoms with E-state index in [0.29, 0.717) is 5.75 Å². The van der Waals surface area contributed by atoms with Gasteiger partial charge in [-0.3, -0.25) is 10.1 Å². The molecule has 2 aromatic rings. The van der Waals surface area contributed by atoms with E-state index in [1.807, 2.05) is 22.6 Å². The number of nitrogens with zero attached hydrogens (tertiary/aromatic N) is 2. The van der Waals surface area contributed by atoms with Gasteiger partial charge in [-0.1, -0.05) is 12.1 Å². The van der Waals surface area contributed by atoms with Crippen molar-refractivity contribution in [2.24, 2.45) is 0 Å². The van der Waals surface area contributed by atoms with Crippen LogP contribution in [0.25, 0.3) is 0 Å². The van der Waals surface area contributed by atoms with Crippen LogP contribution < -0.4 is 4.74 Å². The first kappa shape index (κ1) is 15.2. The molecule has 0 atom stereocenters. The lowest BCUT2D eigenvalue weighted by Crippen LogP contribution is -2.06. The summed E-state index contributed by atoms with van der Waals surface area (Å²) >= 11 is 2.03. The van der Waals surface area contributed by atoms with Crippen LogP contribution in [0.2, 0.25) is 0 Å². The number of pyridine rings is 1. The standard InChI is InChI=1S/C13H9IN2O5/c1-20-13(17)9-6-7-10(16(18)19)12(15-9)21-11-5-3-2-4-8(11)14/h2-7H,1H3. The second kappa shape index (κ2) is 6.48. The van der Waals surface area contributed by atoms with Crippen LogP contribution in [0.15, 0.2) is 36.4 Å². The maximum Gasteiger partial charge on any atom is 0.356 e. The molecule has 1 heterocycles. The molecule has 8 heteroatoms. The van der Waals surface area contributed by atoms with Crippen LogP contribution >= 0.6 is 22.6 Å². The first-order chi connectivity index (χ1) is 10.0. The van der Waals surface area contributed by atoms with Crippen LogP contribution in [0.5, 0.6) is 11.6 Å². The average molecular weight is 400 g/mol. The number of methoxy groups -OCH3 is 1. The molecule has 0 N–H and O–H groups in total. The van der Waals surface area contributed by atoms with Crippen molar-refractivity contribution in [3.63, 3.8) is 0 Å². The van der Waals surface area contributed by atoms with Gasteiger partial charge in [0.05, 0.1) is 15.6 Å². The van der Waals surface area contributed by atoms with Crippen LogP contribution in [0.4, 0.5) is 5.69 Å². The molecule has 0 unspecified atom stereocenters.